The van der Waals surface area contributed by atoms with E-state index in [2.05, 4.69) is 4.72 Å². The fourth-order valence-electron chi connectivity index (χ4n) is 3.05. The molecule has 8 nitrogen and oxygen atoms in total. The summed E-state index contributed by atoms with van der Waals surface area (Å²) in [5, 5.41) is 0. The maximum atomic E-state index is 12.8. The highest BCUT2D eigenvalue weighted by atomic mass is 32.2. The zero-order chi connectivity index (χ0) is 20.9. The van der Waals surface area contributed by atoms with Gasteiger partial charge in [-0.15, -0.1) is 0 Å². The third-order valence-corrected chi connectivity index (χ3v) is 5.85. The first-order valence-electron chi connectivity index (χ1n) is 9.50. The van der Waals surface area contributed by atoms with Crippen molar-refractivity contribution in [2.24, 2.45) is 0 Å². The summed E-state index contributed by atoms with van der Waals surface area (Å²) in [5.74, 6) is -0.0957. The average Bonchev–Trinajstić information content (AvgIpc) is 2.60. The van der Waals surface area contributed by atoms with Crippen LogP contribution in [0.15, 0.2) is 24.3 Å². The van der Waals surface area contributed by atoms with Gasteiger partial charge in [-0.1, -0.05) is 6.92 Å². The molecule has 0 aliphatic carbocycles. The molecule has 158 valence electrons. The summed E-state index contributed by atoms with van der Waals surface area (Å²) in [7, 11) is -3.36. The number of amides is 2. The van der Waals surface area contributed by atoms with E-state index >= 15 is 0 Å². The molecule has 1 aromatic rings. The van der Waals surface area contributed by atoms with Crippen molar-refractivity contribution in [3.05, 3.63) is 29.8 Å². The van der Waals surface area contributed by atoms with E-state index in [4.69, 9.17) is 4.74 Å². The van der Waals surface area contributed by atoms with E-state index in [0.29, 0.717) is 37.3 Å². The van der Waals surface area contributed by atoms with Gasteiger partial charge in [0.15, 0.2) is 0 Å². The van der Waals surface area contributed by atoms with Crippen LogP contribution in [0.25, 0.3) is 0 Å². The molecule has 2 rings (SSSR count). The Kier molecular flexibility index (Phi) is 7.29. The minimum Gasteiger partial charge on any atom is -0.447 e. The molecular formula is C19H31N3O5S. The van der Waals surface area contributed by atoms with Crippen molar-refractivity contribution >= 4 is 27.7 Å². The highest BCUT2D eigenvalue weighted by Crippen LogP contribution is 2.18. The van der Waals surface area contributed by atoms with Crippen LogP contribution in [0, 0.1) is 0 Å². The molecule has 9 heteroatoms. The van der Waals surface area contributed by atoms with Crippen molar-refractivity contribution in [1.82, 2.24) is 9.80 Å². The number of carbonyl (C=O) groups is 2. The summed E-state index contributed by atoms with van der Waals surface area (Å²) in [6.07, 6.45) is -0.0195. The zero-order valence-corrected chi connectivity index (χ0v) is 17.7. The quantitative estimate of drug-likeness (QED) is 0.774. The molecule has 1 fully saturated rings. The Balaban J connectivity index is 0.00000420. The second-order valence-corrected chi connectivity index (χ2v) is 9.07. The maximum Gasteiger partial charge on any atom is 0.410 e. The number of sulfonamides is 1. The van der Waals surface area contributed by atoms with Gasteiger partial charge in [0.05, 0.1) is 11.9 Å². The van der Waals surface area contributed by atoms with E-state index in [0.717, 1.165) is 0 Å². The minimum absolute atomic E-state index is 0. The third kappa shape index (κ3) is 5.85. The summed E-state index contributed by atoms with van der Waals surface area (Å²) < 4.78 is 31.4. The van der Waals surface area contributed by atoms with E-state index in [9.17, 15) is 18.0 Å². The molecule has 0 bridgehead atoms. The van der Waals surface area contributed by atoms with Crippen molar-refractivity contribution in [2.75, 3.05) is 30.1 Å². The Morgan fingerprint density at radius 1 is 1.25 bits per heavy atom. The Morgan fingerprint density at radius 3 is 2.43 bits per heavy atom. The van der Waals surface area contributed by atoms with Crippen LogP contribution in [0.2, 0.25) is 0 Å². The van der Waals surface area contributed by atoms with Gasteiger partial charge in [0.2, 0.25) is 10.0 Å². The van der Waals surface area contributed by atoms with Gasteiger partial charge in [-0.3, -0.25) is 9.52 Å². The second kappa shape index (κ2) is 9.27. The molecule has 1 aliphatic heterocycles. The summed E-state index contributed by atoms with van der Waals surface area (Å²) in [4.78, 5) is 28.2. The molecule has 0 unspecified atom stereocenters. The largest absolute Gasteiger partial charge is 0.447 e. The van der Waals surface area contributed by atoms with Crippen molar-refractivity contribution in [2.45, 2.75) is 46.3 Å². The molecule has 1 saturated heterocycles. The monoisotopic (exact) mass is 413 g/mol. The van der Waals surface area contributed by atoms with Gasteiger partial charge in [0.25, 0.3) is 5.91 Å². The third-order valence-electron chi connectivity index (χ3n) is 4.36. The molecule has 1 atom stereocenters. The van der Waals surface area contributed by atoms with Crippen LogP contribution in [0.5, 0.6) is 0 Å². The van der Waals surface area contributed by atoms with Crippen molar-refractivity contribution in [1.29, 1.82) is 0 Å². The van der Waals surface area contributed by atoms with Crippen molar-refractivity contribution < 1.29 is 24.2 Å². The summed E-state index contributed by atoms with van der Waals surface area (Å²) in [6.45, 7) is 8.52. The van der Waals surface area contributed by atoms with Crippen LogP contribution in [-0.2, 0) is 14.8 Å². The summed E-state index contributed by atoms with van der Waals surface area (Å²) in [6, 6.07) is 6.24. The van der Waals surface area contributed by atoms with Crippen LogP contribution in [0.4, 0.5) is 10.5 Å². The summed E-state index contributed by atoms with van der Waals surface area (Å²) >= 11 is 0. The topological polar surface area (TPSA) is 96.0 Å². The molecule has 2 amide bonds. The van der Waals surface area contributed by atoms with Gasteiger partial charge in [-0.05, 0) is 51.5 Å². The van der Waals surface area contributed by atoms with Crippen molar-refractivity contribution in [3.8, 4) is 0 Å². The first kappa shape index (κ1) is 22.0. The van der Waals surface area contributed by atoms with Gasteiger partial charge in [-0.2, -0.15) is 0 Å². The molecule has 28 heavy (non-hydrogen) atoms. The van der Waals surface area contributed by atoms with E-state index < -0.39 is 10.0 Å². The number of hydrogen-bond acceptors (Lipinski definition) is 5. The predicted octanol–water partition coefficient (Wildman–Crippen LogP) is 2.78. The molecular weight excluding hydrogens is 382 g/mol. The number of piperazine rings is 1. The molecule has 0 saturated carbocycles. The Morgan fingerprint density at radius 2 is 1.89 bits per heavy atom. The molecule has 0 aromatic heterocycles. The van der Waals surface area contributed by atoms with E-state index in [-0.39, 0.29) is 31.3 Å². The van der Waals surface area contributed by atoms with E-state index in [1.165, 1.54) is 0 Å². The lowest BCUT2D eigenvalue weighted by Gasteiger charge is -2.39. The summed E-state index contributed by atoms with van der Waals surface area (Å²) in [5.41, 5.74) is 0.905. The number of benzene rings is 1. The van der Waals surface area contributed by atoms with Crippen LogP contribution >= 0.6 is 0 Å². The Bertz CT molecular complexity index is 799. The van der Waals surface area contributed by atoms with Crippen LogP contribution in [-0.4, -0.2) is 67.8 Å². The highest BCUT2D eigenvalue weighted by molar-refractivity contribution is 7.92. The standard InChI is InChI=1S/C19H29N3O5S.H2/c1-5-12-28(25,26)20-17-8-6-16(7-9-17)18(23)22-11-10-21(13-15(22)4)19(24)27-14(2)3;/h6-9,14-15,20H,5,10-13H2,1-4H3;1H/t15-;/m0./s1. The number of anilines is 1. The van der Waals surface area contributed by atoms with E-state index in [1.807, 2.05) is 6.92 Å². The van der Waals surface area contributed by atoms with Gasteiger partial charge < -0.3 is 14.5 Å². The van der Waals surface area contributed by atoms with Gasteiger partial charge in [-0.25, -0.2) is 13.2 Å². The fourth-order valence-corrected chi connectivity index (χ4v) is 4.18. The number of carbonyl (C=O) groups excluding carboxylic acids is 2. The Labute approximate surface area is 168 Å². The van der Waals surface area contributed by atoms with Crippen LogP contribution in [0.1, 0.15) is 45.9 Å². The first-order valence-corrected chi connectivity index (χ1v) is 11.1. The van der Waals surface area contributed by atoms with Crippen LogP contribution in [0.3, 0.4) is 0 Å². The minimum atomic E-state index is -3.36. The number of rotatable bonds is 6. The van der Waals surface area contributed by atoms with Gasteiger partial charge in [0.1, 0.15) is 0 Å². The molecule has 0 spiro atoms. The van der Waals surface area contributed by atoms with Crippen molar-refractivity contribution in [3.63, 3.8) is 0 Å². The molecule has 1 N–H and O–H groups in total. The Hall–Kier alpha value is -2.29. The van der Waals surface area contributed by atoms with E-state index in [1.54, 1.807) is 54.8 Å². The van der Waals surface area contributed by atoms with Gasteiger partial charge >= 0.3 is 6.09 Å². The second-order valence-electron chi connectivity index (χ2n) is 7.22. The van der Waals surface area contributed by atoms with Gasteiger partial charge in [0, 0.05) is 38.4 Å². The number of hydrogen-bond donors (Lipinski definition) is 1. The smallest absolute Gasteiger partial charge is 0.410 e. The zero-order valence-electron chi connectivity index (χ0n) is 16.8. The maximum absolute atomic E-state index is 12.8. The fraction of sp³-hybridized carbons (Fsp3) is 0.579. The SMILES string of the molecule is CCCS(=O)(=O)Nc1ccc(C(=O)N2CCN(C(=O)OC(C)C)C[C@@H]2C)cc1.[HH]. The normalized spacial score (nSPS) is 17.5. The highest BCUT2D eigenvalue weighted by Gasteiger charge is 2.31. The number of nitrogens with one attached hydrogen (secondary N) is 1. The lowest BCUT2D eigenvalue weighted by Crippen LogP contribution is -2.55. The molecule has 1 heterocycles. The number of ether oxygens (including phenoxy) is 1. The molecule has 0 radical (unpaired) electrons. The van der Waals surface area contributed by atoms with Crippen LogP contribution < -0.4 is 4.72 Å². The lowest BCUT2D eigenvalue weighted by molar-refractivity contribution is 0.0338. The number of nitrogens with zero attached hydrogens (tertiary/aromatic N) is 2. The molecule has 1 aromatic carbocycles. The molecule has 1 aliphatic rings. The average molecular weight is 414 g/mol. The lowest BCUT2D eigenvalue weighted by atomic mass is 10.1. The predicted molar refractivity (Wildman–Crippen MR) is 110 cm³/mol. The first-order chi connectivity index (χ1) is 13.1.